The molecule has 3 aliphatic rings. The van der Waals surface area contributed by atoms with E-state index in [1.54, 1.807) is 0 Å². The van der Waals surface area contributed by atoms with Crippen LogP contribution in [-0.4, -0.2) is 60.4 Å². The topological polar surface area (TPSA) is 61.8 Å². The van der Waals surface area contributed by atoms with Crippen molar-refractivity contribution in [2.45, 2.75) is 69.6 Å². The molecule has 1 saturated carbocycles. The molecule has 3 fully saturated rings. The summed E-state index contributed by atoms with van der Waals surface area (Å²) in [5, 5.41) is 13.0. The Kier molecular flexibility index (Phi) is 5.71. The first kappa shape index (κ1) is 16.2. The zero-order chi connectivity index (χ0) is 15.4. The summed E-state index contributed by atoms with van der Waals surface area (Å²) in [6.07, 6.45) is 9.37. The first-order chi connectivity index (χ1) is 10.7. The molecule has 0 aromatic heterocycles. The van der Waals surface area contributed by atoms with Crippen molar-refractivity contribution in [2.75, 3.05) is 26.2 Å². The van der Waals surface area contributed by atoms with Crippen LogP contribution in [0.3, 0.4) is 0 Å². The highest BCUT2D eigenvalue weighted by atomic mass is 16.5. The monoisotopic (exact) mass is 310 g/mol. The SMILES string of the molecule is O=C(CN1CC(O)CC1C1CCCCC1)NCC1CCCO1. The number of hydrogen-bond acceptors (Lipinski definition) is 4. The normalized spacial score (nSPS) is 34.1. The van der Waals surface area contributed by atoms with Crippen LogP contribution in [0.5, 0.6) is 0 Å². The molecule has 1 amide bonds. The molecule has 2 N–H and O–H groups in total. The largest absolute Gasteiger partial charge is 0.392 e. The third-order valence-corrected chi connectivity index (χ3v) is 5.52. The third-order valence-electron chi connectivity index (χ3n) is 5.52. The van der Waals surface area contributed by atoms with E-state index < -0.39 is 0 Å². The van der Waals surface area contributed by atoms with E-state index in [0.29, 0.717) is 31.6 Å². The second-order valence-electron chi connectivity index (χ2n) is 7.22. The van der Waals surface area contributed by atoms with Gasteiger partial charge in [0.1, 0.15) is 0 Å². The molecule has 1 aliphatic carbocycles. The van der Waals surface area contributed by atoms with Crippen molar-refractivity contribution >= 4 is 5.91 Å². The van der Waals surface area contributed by atoms with Crippen LogP contribution in [0, 0.1) is 5.92 Å². The number of nitrogens with one attached hydrogen (secondary N) is 1. The Morgan fingerprint density at radius 1 is 1.18 bits per heavy atom. The van der Waals surface area contributed by atoms with E-state index in [9.17, 15) is 9.90 Å². The highest BCUT2D eigenvalue weighted by Gasteiger charge is 2.37. The molecule has 0 spiro atoms. The Hall–Kier alpha value is -0.650. The predicted octanol–water partition coefficient (Wildman–Crippen LogP) is 1.30. The van der Waals surface area contributed by atoms with Crippen LogP contribution < -0.4 is 5.32 Å². The van der Waals surface area contributed by atoms with E-state index in [1.807, 2.05) is 0 Å². The van der Waals surface area contributed by atoms with Crippen LogP contribution in [0.25, 0.3) is 0 Å². The molecule has 3 unspecified atom stereocenters. The van der Waals surface area contributed by atoms with Crippen molar-refractivity contribution in [2.24, 2.45) is 5.92 Å². The zero-order valence-electron chi connectivity index (χ0n) is 13.5. The van der Waals surface area contributed by atoms with Crippen LogP contribution in [0.4, 0.5) is 0 Å². The van der Waals surface area contributed by atoms with E-state index in [1.165, 1.54) is 32.1 Å². The van der Waals surface area contributed by atoms with Gasteiger partial charge in [-0.2, -0.15) is 0 Å². The maximum absolute atomic E-state index is 12.2. The molecule has 3 atom stereocenters. The van der Waals surface area contributed by atoms with Crippen molar-refractivity contribution in [3.05, 3.63) is 0 Å². The number of hydrogen-bond donors (Lipinski definition) is 2. The quantitative estimate of drug-likeness (QED) is 0.803. The van der Waals surface area contributed by atoms with E-state index >= 15 is 0 Å². The van der Waals surface area contributed by atoms with Gasteiger partial charge in [-0.05, 0) is 38.0 Å². The van der Waals surface area contributed by atoms with E-state index in [2.05, 4.69) is 10.2 Å². The summed E-state index contributed by atoms with van der Waals surface area (Å²) in [5.41, 5.74) is 0. The van der Waals surface area contributed by atoms with Gasteiger partial charge in [0.05, 0.1) is 18.8 Å². The molecule has 0 aromatic rings. The van der Waals surface area contributed by atoms with Gasteiger partial charge < -0.3 is 15.2 Å². The maximum Gasteiger partial charge on any atom is 0.234 e. The molecule has 22 heavy (non-hydrogen) atoms. The lowest BCUT2D eigenvalue weighted by Crippen LogP contribution is -2.44. The van der Waals surface area contributed by atoms with Crippen molar-refractivity contribution in [3.63, 3.8) is 0 Å². The lowest BCUT2D eigenvalue weighted by atomic mass is 9.83. The van der Waals surface area contributed by atoms with Gasteiger partial charge >= 0.3 is 0 Å². The van der Waals surface area contributed by atoms with Gasteiger partial charge in [-0.15, -0.1) is 0 Å². The van der Waals surface area contributed by atoms with E-state index in [-0.39, 0.29) is 18.1 Å². The summed E-state index contributed by atoms with van der Waals surface area (Å²) in [6, 6.07) is 0.392. The summed E-state index contributed by atoms with van der Waals surface area (Å²) >= 11 is 0. The predicted molar refractivity (Wildman–Crippen MR) is 84.5 cm³/mol. The number of amides is 1. The van der Waals surface area contributed by atoms with Crippen molar-refractivity contribution in [1.82, 2.24) is 10.2 Å². The molecule has 2 saturated heterocycles. The number of aliphatic hydroxyl groups excluding tert-OH is 1. The molecule has 5 heteroatoms. The van der Waals surface area contributed by atoms with Gasteiger partial charge in [0.2, 0.25) is 5.91 Å². The summed E-state index contributed by atoms with van der Waals surface area (Å²) in [7, 11) is 0. The molecule has 2 aliphatic heterocycles. The van der Waals surface area contributed by atoms with Gasteiger partial charge in [0, 0.05) is 25.7 Å². The van der Waals surface area contributed by atoms with Gasteiger partial charge in [-0.1, -0.05) is 19.3 Å². The lowest BCUT2D eigenvalue weighted by Gasteiger charge is -2.33. The number of aliphatic hydroxyl groups is 1. The molecule has 0 bridgehead atoms. The second-order valence-corrected chi connectivity index (χ2v) is 7.22. The molecule has 0 radical (unpaired) electrons. The summed E-state index contributed by atoms with van der Waals surface area (Å²) in [6.45, 7) is 2.52. The Balaban J connectivity index is 1.47. The highest BCUT2D eigenvalue weighted by molar-refractivity contribution is 5.78. The fourth-order valence-corrected chi connectivity index (χ4v) is 4.37. The fraction of sp³-hybridized carbons (Fsp3) is 0.941. The molecular formula is C17H30N2O3. The summed E-state index contributed by atoms with van der Waals surface area (Å²) < 4.78 is 5.54. The highest BCUT2D eigenvalue weighted by Crippen LogP contribution is 2.34. The molecular weight excluding hydrogens is 280 g/mol. The lowest BCUT2D eigenvalue weighted by molar-refractivity contribution is -0.123. The summed E-state index contributed by atoms with van der Waals surface area (Å²) in [4.78, 5) is 14.4. The van der Waals surface area contributed by atoms with Gasteiger partial charge in [0.15, 0.2) is 0 Å². The number of likely N-dealkylation sites (tertiary alicyclic amines) is 1. The van der Waals surface area contributed by atoms with Crippen LogP contribution in [-0.2, 0) is 9.53 Å². The average molecular weight is 310 g/mol. The molecule has 2 heterocycles. The molecule has 0 aromatic carbocycles. The van der Waals surface area contributed by atoms with Crippen LogP contribution in [0.1, 0.15) is 51.4 Å². The van der Waals surface area contributed by atoms with Crippen LogP contribution in [0.15, 0.2) is 0 Å². The van der Waals surface area contributed by atoms with Crippen molar-refractivity contribution in [3.8, 4) is 0 Å². The first-order valence-electron chi connectivity index (χ1n) is 9.03. The Bertz CT molecular complexity index is 365. The minimum absolute atomic E-state index is 0.0745. The Morgan fingerprint density at radius 3 is 2.73 bits per heavy atom. The van der Waals surface area contributed by atoms with E-state index in [4.69, 9.17) is 4.74 Å². The van der Waals surface area contributed by atoms with Crippen LogP contribution >= 0.6 is 0 Å². The summed E-state index contributed by atoms with van der Waals surface area (Å²) in [5.74, 6) is 0.738. The Labute approximate surface area is 133 Å². The van der Waals surface area contributed by atoms with Gasteiger partial charge in [-0.25, -0.2) is 0 Å². The third kappa shape index (κ3) is 4.21. The van der Waals surface area contributed by atoms with Crippen molar-refractivity contribution < 1.29 is 14.6 Å². The smallest absolute Gasteiger partial charge is 0.234 e. The van der Waals surface area contributed by atoms with E-state index in [0.717, 1.165) is 25.9 Å². The minimum Gasteiger partial charge on any atom is -0.392 e. The van der Waals surface area contributed by atoms with Crippen LogP contribution in [0.2, 0.25) is 0 Å². The number of β-amino-alcohol motifs (C(OH)–C–C–N with tert-alkyl or cyclic N) is 1. The number of rotatable bonds is 5. The van der Waals surface area contributed by atoms with Gasteiger partial charge in [0.25, 0.3) is 0 Å². The number of carbonyl (C=O) groups excluding carboxylic acids is 1. The molecule has 3 rings (SSSR count). The number of ether oxygens (including phenoxy) is 1. The zero-order valence-corrected chi connectivity index (χ0v) is 13.5. The molecule has 126 valence electrons. The standard InChI is InChI=1S/C17H30N2O3/c20-14-9-16(13-5-2-1-3-6-13)19(11-14)12-17(21)18-10-15-7-4-8-22-15/h13-16,20H,1-12H2,(H,18,21). The fourth-order valence-electron chi connectivity index (χ4n) is 4.37. The van der Waals surface area contributed by atoms with Crippen molar-refractivity contribution in [1.29, 1.82) is 0 Å². The molecule has 5 nitrogen and oxygen atoms in total. The average Bonchev–Trinajstić information content (AvgIpc) is 3.16. The maximum atomic E-state index is 12.2. The number of carbonyl (C=O) groups is 1. The van der Waals surface area contributed by atoms with Gasteiger partial charge in [-0.3, -0.25) is 9.69 Å². The Morgan fingerprint density at radius 2 is 2.00 bits per heavy atom. The minimum atomic E-state index is -0.266. The first-order valence-corrected chi connectivity index (χ1v) is 9.03. The number of nitrogens with zero attached hydrogens (tertiary/aromatic N) is 1. The second kappa shape index (κ2) is 7.75.